The summed E-state index contributed by atoms with van der Waals surface area (Å²) in [7, 11) is 2.16. The molecule has 1 rings (SSSR count). The molecule has 0 aliphatic rings. The number of hydrogen-bond acceptors (Lipinski definition) is 2. The lowest BCUT2D eigenvalue weighted by Gasteiger charge is -2.19. The Balaban J connectivity index is 2.09. The Morgan fingerprint density at radius 3 is 2.50 bits per heavy atom. The minimum Gasteiger partial charge on any atom is -0.375 e. The summed E-state index contributed by atoms with van der Waals surface area (Å²) in [5.41, 5.74) is 1.31. The van der Waals surface area contributed by atoms with Crippen LogP contribution in [0.1, 0.15) is 26.2 Å². The van der Waals surface area contributed by atoms with Gasteiger partial charge < -0.3 is 10.2 Å². The number of para-hydroxylation sites is 1. The van der Waals surface area contributed by atoms with E-state index in [1.807, 2.05) is 0 Å². The Morgan fingerprint density at radius 2 is 1.81 bits per heavy atom. The van der Waals surface area contributed by atoms with Gasteiger partial charge in [-0.1, -0.05) is 25.1 Å². The van der Waals surface area contributed by atoms with Crippen LogP contribution in [-0.4, -0.2) is 26.7 Å². The van der Waals surface area contributed by atoms with E-state index >= 15 is 0 Å². The number of benzene rings is 1. The summed E-state index contributed by atoms with van der Waals surface area (Å²) < 4.78 is 0. The summed E-state index contributed by atoms with van der Waals surface area (Å²) in [5, 5.41) is 3.43. The molecule has 0 spiro atoms. The SMILES string of the molecule is CCCNCCCCN(C)c1ccccc1. The van der Waals surface area contributed by atoms with Crippen LogP contribution in [0.3, 0.4) is 0 Å². The first-order chi connectivity index (χ1) is 7.84. The van der Waals surface area contributed by atoms with Crippen LogP contribution < -0.4 is 10.2 Å². The fraction of sp³-hybridized carbons (Fsp3) is 0.571. The third-order valence-electron chi connectivity index (χ3n) is 2.72. The number of anilines is 1. The molecule has 0 saturated heterocycles. The zero-order valence-corrected chi connectivity index (χ0v) is 10.6. The molecule has 2 heteroatoms. The molecule has 0 radical (unpaired) electrons. The first kappa shape index (κ1) is 13.0. The van der Waals surface area contributed by atoms with Gasteiger partial charge in [0, 0.05) is 19.3 Å². The molecule has 0 aliphatic carbocycles. The van der Waals surface area contributed by atoms with Gasteiger partial charge in [-0.3, -0.25) is 0 Å². The van der Waals surface area contributed by atoms with Gasteiger partial charge in [0.25, 0.3) is 0 Å². The first-order valence-corrected chi connectivity index (χ1v) is 6.31. The maximum absolute atomic E-state index is 3.43. The highest BCUT2D eigenvalue weighted by molar-refractivity contribution is 5.44. The zero-order valence-electron chi connectivity index (χ0n) is 10.6. The van der Waals surface area contributed by atoms with E-state index in [0.29, 0.717) is 0 Å². The van der Waals surface area contributed by atoms with Gasteiger partial charge in [0.2, 0.25) is 0 Å². The highest BCUT2D eigenvalue weighted by atomic mass is 15.1. The van der Waals surface area contributed by atoms with Crippen molar-refractivity contribution in [3.8, 4) is 0 Å². The van der Waals surface area contributed by atoms with Crippen molar-refractivity contribution in [3.63, 3.8) is 0 Å². The summed E-state index contributed by atoms with van der Waals surface area (Å²) in [6, 6.07) is 10.6. The molecular formula is C14H24N2. The Bertz CT molecular complexity index is 259. The lowest BCUT2D eigenvalue weighted by molar-refractivity contribution is 0.615. The second kappa shape index (κ2) is 8.17. The molecule has 0 atom stereocenters. The maximum atomic E-state index is 3.43. The van der Waals surface area contributed by atoms with E-state index in [4.69, 9.17) is 0 Å². The largest absolute Gasteiger partial charge is 0.375 e. The third-order valence-corrected chi connectivity index (χ3v) is 2.72. The van der Waals surface area contributed by atoms with Crippen LogP contribution >= 0.6 is 0 Å². The Labute approximate surface area is 99.7 Å². The van der Waals surface area contributed by atoms with Crippen molar-refractivity contribution in [1.29, 1.82) is 0 Å². The first-order valence-electron chi connectivity index (χ1n) is 6.31. The van der Waals surface area contributed by atoms with Gasteiger partial charge in [0.05, 0.1) is 0 Å². The highest BCUT2D eigenvalue weighted by Crippen LogP contribution is 2.11. The predicted molar refractivity (Wildman–Crippen MR) is 72.1 cm³/mol. The van der Waals surface area contributed by atoms with E-state index in [9.17, 15) is 0 Å². The minimum atomic E-state index is 1.14. The van der Waals surface area contributed by atoms with Crippen LogP contribution in [0, 0.1) is 0 Å². The topological polar surface area (TPSA) is 15.3 Å². The Hall–Kier alpha value is -1.02. The molecule has 0 unspecified atom stereocenters. The lowest BCUT2D eigenvalue weighted by Crippen LogP contribution is -2.21. The van der Waals surface area contributed by atoms with Crippen molar-refractivity contribution in [2.45, 2.75) is 26.2 Å². The van der Waals surface area contributed by atoms with Gasteiger partial charge in [0.1, 0.15) is 0 Å². The molecule has 1 N–H and O–H groups in total. The quantitative estimate of drug-likeness (QED) is 0.678. The number of hydrogen-bond donors (Lipinski definition) is 1. The molecule has 1 aromatic rings. The Morgan fingerprint density at radius 1 is 1.06 bits per heavy atom. The molecule has 0 aromatic heterocycles. The van der Waals surface area contributed by atoms with Crippen molar-refractivity contribution < 1.29 is 0 Å². The normalized spacial score (nSPS) is 10.4. The van der Waals surface area contributed by atoms with Crippen molar-refractivity contribution in [2.75, 3.05) is 31.6 Å². The zero-order chi connectivity index (χ0) is 11.6. The third kappa shape index (κ3) is 5.17. The standard InChI is InChI=1S/C14H24N2/c1-3-11-15-12-7-8-13-16(2)14-9-5-4-6-10-14/h4-6,9-10,15H,3,7-8,11-13H2,1-2H3. The smallest absolute Gasteiger partial charge is 0.0363 e. The van der Waals surface area contributed by atoms with Crippen LogP contribution in [0.25, 0.3) is 0 Å². The molecule has 0 aliphatic heterocycles. The van der Waals surface area contributed by atoms with Crippen molar-refractivity contribution in [3.05, 3.63) is 30.3 Å². The monoisotopic (exact) mass is 220 g/mol. The van der Waals surface area contributed by atoms with Crippen LogP contribution in [0.2, 0.25) is 0 Å². The van der Waals surface area contributed by atoms with E-state index in [1.165, 1.54) is 24.9 Å². The van der Waals surface area contributed by atoms with Crippen molar-refractivity contribution >= 4 is 5.69 Å². The maximum Gasteiger partial charge on any atom is 0.0363 e. The van der Waals surface area contributed by atoms with E-state index in [-0.39, 0.29) is 0 Å². The molecule has 0 bridgehead atoms. The summed E-state index contributed by atoms with van der Waals surface area (Å²) >= 11 is 0. The van der Waals surface area contributed by atoms with Crippen LogP contribution in [0.15, 0.2) is 30.3 Å². The molecule has 90 valence electrons. The van der Waals surface area contributed by atoms with Crippen LogP contribution in [0.5, 0.6) is 0 Å². The van der Waals surface area contributed by atoms with E-state index < -0.39 is 0 Å². The second-order valence-electron chi connectivity index (χ2n) is 4.21. The number of rotatable bonds is 8. The van der Waals surface area contributed by atoms with E-state index in [2.05, 4.69) is 54.5 Å². The number of nitrogens with one attached hydrogen (secondary N) is 1. The summed E-state index contributed by atoms with van der Waals surface area (Å²) in [4.78, 5) is 2.32. The van der Waals surface area contributed by atoms with Crippen molar-refractivity contribution in [2.24, 2.45) is 0 Å². The average Bonchev–Trinajstić information content (AvgIpc) is 2.34. The van der Waals surface area contributed by atoms with Gasteiger partial charge in [-0.25, -0.2) is 0 Å². The summed E-state index contributed by atoms with van der Waals surface area (Å²) in [6.07, 6.45) is 3.74. The number of nitrogens with zero attached hydrogens (tertiary/aromatic N) is 1. The molecule has 0 fully saturated rings. The molecule has 2 nitrogen and oxygen atoms in total. The van der Waals surface area contributed by atoms with E-state index in [1.54, 1.807) is 0 Å². The van der Waals surface area contributed by atoms with Crippen molar-refractivity contribution in [1.82, 2.24) is 5.32 Å². The minimum absolute atomic E-state index is 1.14. The van der Waals surface area contributed by atoms with Gasteiger partial charge in [-0.05, 0) is 44.5 Å². The van der Waals surface area contributed by atoms with Gasteiger partial charge in [-0.2, -0.15) is 0 Å². The molecular weight excluding hydrogens is 196 g/mol. The number of unbranched alkanes of at least 4 members (excludes halogenated alkanes) is 1. The highest BCUT2D eigenvalue weighted by Gasteiger charge is 1.98. The fourth-order valence-corrected chi connectivity index (χ4v) is 1.71. The van der Waals surface area contributed by atoms with Gasteiger partial charge in [0.15, 0.2) is 0 Å². The summed E-state index contributed by atoms with van der Waals surface area (Å²) in [5.74, 6) is 0. The fourth-order valence-electron chi connectivity index (χ4n) is 1.71. The predicted octanol–water partition coefficient (Wildman–Crippen LogP) is 2.90. The molecule has 0 saturated carbocycles. The van der Waals surface area contributed by atoms with E-state index in [0.717, 1.165) is 19.6 Å². The molecule has 1 aromatic carbocycles. The van der Waals surface area contributed by atoms with Crippen LogP contribution in [0.4, 0.5) is 5.69 Å². The Kier molecular flexibility index (Phi) is 6.66. The van der Waals surface area contributed by atoms with Gasteiger partial charge in [-0.15, -0.1) is 0 Å². The molecule has 0 amide bonds. The molecule has 0 heterocycles. The average molecular weight is 220 g/mol. The van der Waals surface area contributed by atoms with Crippen LogP contribution in [-0.2, 0) is 0 Å². The summed E-state index contributed by atoms with van der Waals surface area (Å²) in [6.45, 7) is 5.64. The molecule has 16 heavy (non-hydrogen) atoms. The lowest BCUT2D eigenvalue weighted by atomic mass is 10.2. The van der Waals surface area contributed by atoms with Gasteiger partial charge >= 0.3 is 0 Å². The second-order valence-corrected chi connectivity index (χ2v) is 4.21.